The molecule has 24 heavy (non-hydrogen) atoms. The Morgan fingerprint density at radius 2 is 1.79 bits per heavy atom. The van der Waals surface area contributed by atoms with E-state index in [1.807, 2.05) is 42.3 Å². The molecule has 1 saturated heterocycles. The molecule has 1 saturated carbocycles. The summed E-state index contributed by atoms with van der Waals surface area (Å²) in [6.07, 6.45) is 2.11. The Morgan fingerprint density at radius 1 is 1.17 bits per heavy atom. The van der Waals surface area contributed by atoms with Crippen molar-refractivity contribution in [1.29, 1.82) is 0 Å². The lowest BCUT2D eigenvalue weighted by atomic mass is 10.1. The molecule has 1 aromatic carbocycles. The molecule has 1 amide bonds. The van der Waals surface area contributed by atoms with Crippen molar-refractivity contribution in [3.05, 3.63) is 35.9 Å². The summed E-state index contributed by atoms with van der Waals surface area (Å²) in [6, 6.07) is 9.82. The molecule has 0 bridgehead atoms. The van der Waals surface area contributed by atoms with Gasteiger partial charge in [0, 0.05) is 46.3 Å². The fourth-order valence-electron chi connectivity index (χ4n) is 3.26. The number of nitrogens with zero attached hydrogens (tertiary/aromatic N) is 3. The van der Waals surface area contributed by atoms with Gasteiger partial charge in [0.1, 0.15) is 0 Å². The van der Waals surface area contributed by atoms with Gasteiger partial charge in [-0.05, 0) is 24.3 Å². The normalized spacial score (nSPS) is 20.8. The zero-order valence-corrected chi connectivity index (χ0v) is 14.6. The van der Waals surface area contributed by atoms with Gasteiger partial charge in [0.05, 0.1) is 12.6 Å². The molecule has 3 rings (SSSR count). The summed E-state index contributed by atoms with van der Waals surface area (Å²) in [5.41, 5.74) is 0.969. The van der Waals surface area contributed by atoms with Gasteiger partial charge in [-0.1, -0.05) is 30.3 Å². The molecule has 0 spiro atoms. The molecule has 132 valence electrons. The molecule has 1 atom stereocenters. The zero-order valence-electron chi connectivity index (χ0n) is 14.6. The van der Waals surface area contributed by atoms with Gasteiger partial charge < -0.3 is 10.0 Å². The molecule has 5 nitrogen and oxygen atoms in total. The number of carbonyl (C=O) groups excluding carboxylic acids is 1. The summed E-state index contributed by atoms with van der Waals surface area (Å²) in [5.74, 6) is 0.981. The molecule has 2 aliphatic rings. The fourth-order valence-corrected chi connectivity index (χ4v) is 3.26. The first-order chi connectivity index (χ1) is 11.6. The second kappa shape index (κ2) is 8.10. The van der Waals surface area contributed by atoms with Crippen molar-refractivity contribution in [3.63, 3.8) is 0 Å². The summed E-state index contributed by atoms with van der Waals surface area (Å²) in [6.45, 7) is 5.70. The molecule has 0 aromatic heterocycles. The van der Waals surface area contributed by atoms with Crippen molar-refractivity contribution in [2.24, 2.45) is 5.92 Å². The lowest BCUT2D eigenvalue weighted by Gasteiger charge is -2.35. The van der Waals surface area contributed by atoms with Crippen LogP contribution in [0.1, 0.15) is 24.5 Å². The van der Waals surface area contributed by atoms with Crippen molar-refractivity contribution in [3.8, 4) is 0 Å². The van der Waals surface area contributed by atoms with Gasteiger partial charge in [-0.3, -0.25) is 14.6 Å². The maximum absolute atomic E-state index is 12.2. The van der Waals surface area contributed by atoms with Crippen LogP contribution in [-0.2, 0) is 4.79 Å². The van der Waals surface area contributed by atoms with Crippen molar-refractivity contribution < 1.29 is 9.90 Å². The number of hydrogen-bond acceptors (Lipinski definition) is 4. The van der Waals surface area contributed by atoms with Crippen LogP contribution in [0.3, 0.4) is 0 Å². The molecule has 2 fully saturated rings. The van der Waals surface area contributed by atoms with E-state index in [4.69, 9.17) is 0 Å². The van der Waals surface area contributed by atoms with E-state index in [0.717, 1.165) is 44.2 Å². The average molecular weight is 331 g/mol. The molecular formula is C19H29N3O2. The molecule has 1 N–H and O–H groups in total. The van der Waals surface area contributed by atoms with E-state index >= 15 is 0 Å². The Balaban J connectivity index is 1.38. The van der Waals surface area contributed by atoms with Gasteiger partial charge in [0.15, 0.2) is 0 Å². The molecule has 1 aliphatic heterocycles. The predicted octanol–water partition coefficient (Wildman–Crippen LogP) is 1.21. The topological polar surface area (TPSA) is 47.0 Å². The Kier molecular flexibility index (Phi) is 5.87. The highest BCUT2D eigenvalue weighted by molar-refractivity contribution is 5.78. The van der Waals surface area contributed by atoms with E-state index in [1.54, 1.807) is 0 Å². The summed E-state index contributed by atoms with van der Waals surface area (Å²) >= 11 is 0. The lowest BCUT2D eigenvalue weighted by molar-refractivity contribution is -0.131. The number of hydrogen-bond donors (Lipinski definition) is 1. The Bertz CT molecular complexity index is 525. The minimum Gasteiger partial charge on any atom is -0.387 e. The molecule has 5 heteroatoms. The lowest BCUT2D eigenvalue weighted by Crippen LogP contribution is -2.50. The Hall–Kier alpha value is -1.43. The van der Waals surface area contributed by atoms with Gasteiger partial charge in [0.2, 0.25) is 5.91 Å². The van der Waals surface area contributed by atoms with Gasteiger partial charge in [-0.15, -0.1) is 0 Å². The second-order valence-corrected chi connectivity index (χ2v) is 7.22. The Morgan fingerprint density at radius 3 is 2.42 bits per heavy atom. The third kappa shape index (κ3) is 5.03. The Labute approximate surface area is 144 Å². The first kappa shape index (κ1) is 17.4. The van der Waals surface area contributed by atoms with Crippen LogP contribution >= 0.6 is 0 Å². The zero-order chi connectivity index (χ0) is 16.9. The quantitative estimate of drug-likeness (QED) is 0.816. The maximum atomic E-state index is 12.2. The third-order valence-corrected chi connectivity index (χ3v) is 5.09. The van der Waals surface area contributed by atoms with Crippen molar-refractivity contribution in [2.75, 3.05) is 52.9 Å². The minimum absolute atomic E-state index is 0.236. The van der Waals surface area contributed by atoms with Gasteiger partial charge in [0.25, 0.3) is 0 Å². The van der Waals surface area contributed by atoms with Crippen LogP contribution in [0.4, 0.5) is 0 Å². The van der Waals surface area contributed by atoms with E-state index in [1.165, 1.54) is 12.8 Å². The van der Waals surface area contributed by atoms with Crippen LogP contribution in [0.2, 0.25) is 0 Å². The number of piperazine rings is 1. The van der Waals surface area contributed by atoms with Gasteiger partial charge in [-0.25, -0.2) is 0 Å². The van der Waals surface area contributed by atoms with Crippen molar-refractivity contribution in [2.45, 2.75) is 18.9 Å². The van der Waals surface area contributed by atoms with E-state index in [2.05, 4.69) is 9.80 Å². The summed E-state index contributed by atoms with van der Waals surface area (Å²) in [7, 11) is 1.92. The first-order valence-electron chi connectivity index (χ1n) is 9.03. The fraction of sp³-hybridized carbons (Fsp3) is 0.632. The van der Waals surface area contributed by atoms with Crippen LogP contribution < -0.4 is 0 Å². The van der Waals surface area contributed by atoms with Crippen LogP contribution in [0.25, 0.3) is 0 Å². The summed E-state index contributed by atoms with van der Waals surface area (Å²) in [5, 5.41) is 10.3. The van der Waals surface area contributed by atoms with Crippen LogP contribution in [0.15, 0.2) is 30.3 Å². The molecule has 1 aliphatic carbocycles. The van der Waals surface area contributed by atoms with E-state index < -0.39 is 6.10 Å². The number of aliphatic hydroxyl groups is 1. The predicted molar refractivity (Wildman–Crippen MR) is 94.6 cm³/mol. The highest BCUT2D eigenvalue weighted by Gasteiger charge is 2.26. The number of aliphatic hydroxyl groups excluding tert-OH is 1. The highest BCUT2D eigenvalue weighted by Crippen LogP contribution is 2.29. The van der Waals surface area contributed by atoms with Gasteiger partial charge >= 0.3 is 0 Å². The van der Waals surface area contributed by atoms with Crippen molar-refractivity contribution in [1.82, 2.24) is 14.7 Å². The van der Waals surface area contributed by atoms with Crippen LogP contribution in [0.5, 0.6) is 0 Å². The molecule has 1 heterocycles. The SMILES string of the molecule is CN(CC1CC1)C(=O)CN1CCN(C[C@H](O)c2ccccc2)CC1. The first-order valence-corrected chi connectivity index (χ1v) is 9.03. The summed E-state index contributed by atoms with van der Waals surface area (Å²) in [4.78, 5) is 18.7. The third-order valence-electron chi connectivity index (χ3n) is 5.09. The van der Waals surface area contributed by atoms with Gasteiger partial charge in [-0.2, -0.15) is 0 Å². The number of carbonyl (C=O) groups is 1. The highest BCUT2D eigenvalue weighted by atomic mass is 16.3. The molecule has 0 unspecified atom stereocenters. The van der Waals surface area contributed by atoms with E-state index in [-0.39, 0.29) is 5.91 Å². The molecule has 0 radical (unpaired) electrons. The summed E-state index contributed by atoms with van der Waals surface area (Å²) < 4.78 is 0. The number of benzene rings is 1. The van der Waals surface area contributed by atoms with Crippen LogP contribution in [0, 0.1) is 5.92 Å². The second-order valence-electron chi connectivity index (χ2n) is 7.22. The van der Waals surface area contributed by atoms with E-state index in [9.17, 15) is 9.90 Å². The molecular weight excluding hydrogens is 302 g/mol. The smallest absolute Gasteiger partial charge is 0.236 e. The minimum atomic E-state index is -0.441. The monoisotopic (exact) mass is 331 g/mol. The number of amides is 1. The largest absolute Gasteiger partial charge is 0.387 e. The standard InChI is InChI=1S/C19H29N3O2/c1-20(13-16-7-8-16)19(24)15-22-11-9-21(10-12-22)14-18(23)17-5-3-2-4-6-17/h2-6,16,18,23H,7-15H2,1H3/t18-/m0/s1. The average Bonchev–Trinajstić information content (AvgIpc) is 3.41. The van der Waals surface area contributed by atoms with Crippen LogP contribution in [-0.4, -0.2) is 78.6 Å². The maximum Gasteiger partial charge on any atom is 0.236 e. The number of likely N-dealkylation sites (N-methyl/N-ethyl adjacent to an activating group) is 1. The number of β-amino-alcohol motifs (C(OH)–C–C–N with tert-alkyl or cyclic N) is 1. The molecule has 1 aromatic rings. The number of rotatable bonds is 7. The van der Waals surface area contributed by atoms with Crippen molar-refractivity contribution >= 4 is 5.91 Å². The van der Waals surface area contributed by atoms with E-state index in [0.29, 0.717) is 13.1 Å².